The highest BCUT2D eigenvalue weighted by atomic mass is 16.6. The molecule has 94 valence electrons. The number of carbonyl (C=O) groups excluding carboxylic acids is 1. The van der Waals surface area contributed by atoms with Gasteiger partial charge in [-0.25, -0.2) is 4.79 Å². The Kier molecular flexibility index (Phi) is 5.60. The normalized spacial score (nSPS) is 21.2. The van der Waals surface area contributed by atoms with Gasteiger partial charge in [-0.15, -0.1) is 0 Å². The maximum atomic E-state index is 11.6. The van der Waals surface area contributed by atoms with Crippen molar-refractivity contribution in [3.8, 4) is 0 Å². The van der Waals surface area contributed by atoms with Crippen LogP contribution in [0.15, 0.2) is 0 Å². The van der Waals surface area contributed by atoms with Crippen LogP contribution in [0.5, 0.6) is 0 Å². The molecule has 1 unspecified atom stereocenters. The van der Waals surface area contributed by atoms with Crippen LogP contribution in [0.3, 0.4) is 0 Å². The topological polar surface area (TPSA) is 41.6 Å². The van der Waals surface area contributed by atoms with Crippen molar-refractivity contribution in [2.24, 2.45) is 5.92 Å². The van der Waals surface area contributed by atoms with Gasteiger partial charge in [0.1, 0.15) is 0 Å². The second-order valence-corrected chi connectivity index (χ2v) is 4.79. The molecule has 0 radical (unpaired) electrons. The molecule has 0 aromatic heterocycles. The number of carbonyl (C=O) groups is 1. The zero-order valence-electron chi connectivity index (χ0n) is 10.7. The van der Waals surface area contributed by atoms with E-state index in [2.05, 4.69) is 19.2 Å². The average Bonchev–Trinajstić information content (AvgIpc) is 2.27. The van der Waals surface area contributed by atoms with Crippen molar-refractivity contribution in [2.75, 3.05) is 26.2 Å². The molecule has 1 fully saturated rings. The molecule has 0 aromatic carbocycles. The summed E-state index contributed by atoms with van der Waals surface area (Å²) in [4.78, 5) is 13.4. The molecule has 0 aromatic rings. The summed E-state index contributed by atoms with van der Waals surface area (Å²) < 4.78 is 5.01. The van der Waals surface area contributed by atoms with Crippen LogP contribution in [0.1, 0.15) is 33.6 Å². The number of piperidine rings is 1. The van der Waals surface area contributed by atoms with Crippen molar-refractivity contribution in [3.05, 3.63) is 0 Å². The van der Waals surface area contributed by atoms with E-state index in [-0.39, 0.29) is 6.09 Å². The summed E-state index contributed by atoms with van der Waals surface area (Å²) in [6.07, 6.45) is 2.05. The van der Waals surface area contributed by atoms with Crippen LogP contribution >= 0.6 is 0 Å². The van der Waals surface area contributed by atoms with Crippen LogP contribution in [-0.2, 0) is 4.74 Å². The lowest BCUT2D eigenvalue weighted by molar-refractivity contribution is 0.0926. The van der Waals surface area contributed by atoms with Gasteiger partial charge >= 0.3 is 6.09 Å². The molecular formula is C12H24N2O2. The SMILES string of the molecule is CCOC(=O)N1CCCC(NCC(C)C)C1. The first kappa shape index (κ1) is 13.3. The summed E-state index contributed by atoms with van der Waals surface area (Å²) in [5.41, 5.74) is 0. The number of hydrogen-bond donors (Lipinski definition) is 1. The summed E-state index contributed by atoms with van der Waals surface area (Å²) >= 11 is 0. The third-order valence-corrected chi connectivity index (χ3v) is 2.76. The molecule has 0 aliphatic carbocycles. The molecule has 1 atom stereocenters. The van der Waals surface area contributed by atoms with Gasteiger partial charge in [0.05, 0.1) is 6.61 Å². The zero-order chi connectivity index (χ0) is 12.0. The molecular weight excluding hydrogens is 204 g/mol. The van der Waals surface area contributed by atoms with E-state index in [1.807, 2.05) is 11.8 Å². The number of ether oxygens (including phenoxy) is 1. The Morgan fingerprint density at radius 1 is 1.56 bits per heavy atom. The van der Waals surface area contributed by atoms with Crippen molar-refractivity contribution in [1.82, 2.24) is 10.2 Å². The van der Waals surface area contributed by atoms with E-state index in [0.29, 0.717) is 18.6 Å². The van der Waals surface area contributed by atoms with Crippen LogP contribution in [-0.4, -0.2) is 43.3 Å². The predicted octanol–water partition coefficient (Wildman–Crippen LogP) is 1.85. The van der Waals surface area contributed by atoms with E-state index in [1.54, 1.807) is 0 Å². The smallest absolute Gasteiger partial charge is 0.409 e. The molecule has 1 amide bonds. The molecule has 1 aliphatic heterocycles. The zero-order valence-corrected chi connectivity index (χ0v) is 10.7. The molecule has 0 spiro atoms. The van der Waals surface area contributed by atoms with Gasteiger partial charge in [-0.05, 0) is 32.2 Å². The van der Waals surface area contributed by atoms with Crippen molar-refractivity contribution in [1.29, 1.82) is 0 Å². The molecule has 4 nitrogen and oxygen atoms in total. The Labute approximate surface area is 98.3 Å². The first-order valence-corrected chi connectivity index (χ1v) is 6.28. The standard InChI is InChI=1S/C12H24N2O2/c1-4-16-12(15)14-7-5-6-11(9-14)13-8-10(2)3/h10-11,13H,4-9H2,1-3H3. The Morgan fingerprint density at radius 2 is 2.31 bits per heavy atom. The van der Waals surface area contributed by atoms with Crippen molar-refractivity contribution >= 4 is 6.09 Å². The summed E-state index contributed by atoms with van der Waals surface area (Å²) in [6, 6.07) is 0.431. The molecule has 1 aliphatic rings. The highest BCUT2D eigenvalue weighted by molar-refractivity contribution is 5.67. The third-order valence-electron chi connectivity index (χ3n) is 2.76. The summed E-state index contributed by atoms with van der Waals surface area (Å²) in [5, 5.41) is 3.50. The minimum atomic E-state index is -0.168. The molecule has 4 heteroatoms. The van der Waals surface area contributed by atoms with Gasteiger partial charge in [0.15, 0.2) is 0 Å². The lowest BCUT2D eigenvalue weighted by atomic mass is 10.1. The lowest BCUT2D eigenvalue weighted by Gasteiger charge is -2.32. The third kappa shape index (κ3) is 4.39. The Hall–Kier alpha value is -0.770. The van der Waals surface area contributed by atoms with E-state index in [0.717, 1.165) is 32.5 Å². The fourth-order valence-electron chi connectivity index (χ4n) is 1.93. The van der Waals surface area contributed by atoms with Crippen molar-refractivity contribution in [2.45, 2.75) is 39.7 Å². The average molecular weight is 228 g/mol. The highest BCUT2D eigenvalue weighted by Gasteiger charge is 2.23. The molecule has 1 heterocycles. The second-order valence-electron chi connectivity index (χ2n) is 4.79. The number of nitrogens with one attached hydrogen (secondary N) is 1. The summed E-state index contributed by atoms with van der Waals surface area (Å²) in [7, 11) is 0. The maximum absolute atomic E-state index is 11.6. The number of nitrogens with zero attached hydrogens (tertiary/aromatic N) is 1. The minimum Gasteiger partial charge on any atom is -0.450 e. The van der Waals surface area contributed by atoms with Crippen molar-refractivity contribution in [3.63, 3.8) is 0 Å². The molecule has 0 bridgehead atoms. The van der Waals surface area contributed by atoms with Gasteiger partial charge in [-0.2, -0.15) is 0 Å². The molecule has 1 rings (SSSR count). The monoisotopic (exact) mass is 228 g/mol. The first-order chi connectivity index (χ1) is 7.63. The number of likely N-dealkylation sites (tertiary alicyclic amines) is 1. The predicted molar refractivity (Wildman–Crippen MR) is 64.5 cm³/mol. The maximum Gasteiger partial charge on any atom is 0.409 e. The lowest BCUT2D eigenvalue weighted by Crippen LogP contribution is -2.48. The second kappa shape index (κ2) is 6.74. The van der Waals surface area contributed by atoms with Gasteiger partial charge in [-0.3, -0.25) is 0 Å². The van der Waals surface area contributed by atoms with Crippen LogP contribution < -0.4 is 5.32 Å². The molecule has 1 saturated heterocycles. The largest absolute Gasteiger partial charge is 0.450 e. The van der Waals surface area contributed by atoms with E-state index >= 15 is 0 Å². The summed E-state index contributed by atoms with van der Waals surface area (Å²) in [6.45, 7) is 9.32. The summed E-state index contributed by atoms with van der Waals surface area (Å²) in [5.74, 6) is 0.651. The van der Waals surface area contributed by atoms with Crippen LogP contribution in [0, 0.1) is 5.92 Å². The van der Waals surface area contributed by atoms with Crippen LogP contribution in [0.25, 0.3) is 0 Å². The van der Waals surface area contributed by atoms with Crippen LogP contribution in [0.4, 0.5) is 4.79 Å². The van der Waals surface area contributed by atoms with Gasteiger partial charge in [0, 0.05) is 19.1 Å². The molecule has 0 saturated carbocycles. The van der Waals surface area contributed by atoms with E-state index in [9.17, 15) is 4.79 Å². The Balaban J connectivity index is 2.32. The van der Waals surface area contributed by atoms with E-state index in [1.165, 1.54) is 0 Å². The number of rotatable bonds is 4. The quantitative estimate of drug-likeness (QED) is 0.798. The number of hydrogen-bond acceptors (Lipinski definition) is 3. The van der Waals surface area contributed by atoms with Gasteiger partial charge in [0.25, 0.3) is 0 Å². The highest BCUT2D eigenvalue weighted by Crippen LogP contribution is 2.11. The van der Waals surface area contributed by atoms with E-state index in [4.69, 9.17) is 4.74 Å². The van der Waals surface area contributed by atoms with Gasteiger partial charge < -0.3 is 15.0 Å². The molecule has 1 N–H and O–H groups in total. The van der Waals surface area contributed by atoms with Crippen LogP contribution in [0.2, 0.25) is 0 Å². The van der Waals surface area contributed by atoms with Gasteiger partial charge in [-0.1, -0.05) is 13.8 Å². The van der Waals surface area contributed by atoms with Crippen molar-refractivity contribution < 1.29 is 9.53 Å². The van der Waals surface area contributed by atoms with E-state index < -0.39 is 0 Å². The fourth-order valence-corrected chi connectivity index (χ4v) is 1.93. The fraction of sp³-hybridized carbons (Fsp3) is 0.917. The Bertz CT molecular complexity index is 219. The molecule has 16 heavy (non-hydrogen) atoms. The first-order valence-electron chi connectivity index (χ1n) is 6.28. The van der Waals surface area contributed by atoms with Gasteiger partial charge in [0.2, 0.25) is 0 Å². The number of amides is 1. The Morgan fingerprint density at radius 3 is 2.94 bits per heavy atom. The minimum absolute atomic E-state index is 0.168.